The molecule has 0 radical (unpaired) electrons. The topological polar surface area (TPSA) is 63.7 Å². The van der Waals surface area contributed by atoms with Crippen molar-refractivity contribution in [2.45, 2.75) is 6.42 Å². The van der Waals surface area contributed by atoms with Gasteiger partial charge in [-0.3, -0.25) is 0 Å². The first-order valence-electron chi connectivity index (χ1n) is 4.32. The quantitative estimate of drug-likeness (QED) is 0.781. The third kappa shape index (κ3) is 2.83. The Morgan fingerprint density at radius 1 is 1.53 bits per heavy atom. The lowest BCUT2D eigenvalue weighted by atomic mass is 10.3. The molecule has 15 heavy (non-hydrogen) atoms. The average Bonchev–Trinajstić information content (AvgIpc) is 2.25. The van der Waals surface area contributed by atoms with Crippen molar-refractivity contribution in [3.8, 4) is 12.1 Å². The summed E-state index contributed by atoms with van der Waals surface area (Å²) in [6, 6.07) is 5.57. The van der Waals surface area contributed by atoms with Gasteiger partial charge in [0.15, 0.2) is 0 Å². The first-order chi connectivity index (χ1) is 7.19. The van der Waals surface area contributed by atoms with Gasteiger partial charge >= 0.3 is 0 Å². The highest BCUT2D eigenvalue weighted by molar-refractivity contribution is 6.33. The van der Waals surface area contributed by atoms with Crippen LogP contribution in [0.5, 0.6) is 0 Å². The first-order valence-corrected chi connectivity index (χ1v) is 4.70. The minimum atomic E-state index is 0.411. The van der Waals surface area contributed by atoms with Crippen LogP contribution in [0.15, 0.2) is 12.3 Å². The molecule has 76 valence electrons. The van der Waals surface area contributed by atoms with E-state index in [4.69, 9.17) is 22.1 Å². The van der Waals surface area contributed by atoms with E-state index in [1.54, 1.807) is 18.0 Å². The molecule has 1 aromatic rings. The molecule has 0 amide bonds. The molecule has 4 nitrogen and oxygen atoms in total. The largest absolute Gasteiger partial charge is 0.357 e. The number of rotatable bonds is 3. The highest BCUT2D eigenvalue weighted by atomic mass is 35.5. The molecule has 0 fully saturated rings. The predicted molar refractivity (Wildman–Crippen MR) is 57.5 cm³/mol. The lowest BCUT2D eigenvalue weighted by Gasteiger charge is -2.17. The van der Waals surface area contributed by atoms with Crippen molar-refractivity contribution in [2.24, 2.45) is 0 Å². The lowest BCUT2D eigenvalue weighted by molar-refractivity contribution is 0.885. The van der Waals surface area contributed by atoms with Crippen molar-refractivity contribution in [3.05, 3.63) is 22.8 Å². The fraction of sp³-hybridized carbons (Fsp3) is 0.300. The van der Waals surface area contributed by atoms with Crippen molar-refractivity contribution >= 4 is 17.4 Å². The number of halogens is 1. The van der Waals surface area contributed by atoms with E-state index in [1.165, 1.54) is 6.20 Å². The van der Waals surface area contributed by atoms with Gasteiger partial charge in [0.2, 0.25) is 0 Å². The van der Waals surface area contributed by atoms with Crippen LogP contribution < -0.4 is 4.90 Å². The summed E-state index contributed by atoms with van der Waals surface area (Å²) >= 11 is 5.94. The van der Waals surface area contributed by atoms with Crippen molar-refractivity contribution in [2.75, 3.05) is 18.5 Å². The molecule has 1 heterocycles. The minimum absolute atomic E-state index is 0.411. The smallest absolute Gasteiger partial charge is 0.147 e. The van der Waals surface area contributed by atoms with E-state index < -0.39 is 0 Å². The Hall–Kier alpha value is -1.78. The van der Waals surface area contributed by atoms with Crippen LogP contribution in [0.2, 0.25) is 5.02 Å². The summed E-state index contributed by atoms with van der Waals surface area (Å²) in [5, 5.41) is 17.5. The normalized spacial score (nSPS) is 9.07. The van der Waals surface area contributed by atoms with Crippen LogP contribution in [0, 0.1) is 22.7 Å². The van der Waals surface area contributed by atoms with Gasteiger partial charge in [-0.05, 0) is 6.07 Å². The Labute approximate surface area is 93.3 Å². The van der Waals surface area contributed by atoms with Gasteiger partial charge in [0.05, 0.1) is 23.1 Å². The molecule has 0 unspecified atom stereocenters. The maximum absolute atomic E-state index is 8.63. The molecule has 0 saturated carbocycles. The fourth-order valence-electron chi connectivity index (χ4n) is 1.10. The van der Waals surface area contributed by atoms with Crippen LogP contribution in [0.3, 0.4) is 0 Å². The van der Waals surface area contributed by atoms with Gasteiger partial charge in [-0.1, -0.05) is 11.6 Å². The molecule has 0 aromatic carbocycles. The summed E-state index contributed by atoms with van der Waals surface area (Å²) in [5.41, 5.74) is 0.428. The molecule has 1 rings (SSSR count). The van der Waals surface area contributed by atoms with E-state index in [2.05, 4.69) is 4.98 Å². The zero-order chi connectivity index (χ0) is 11.3. The summed E-state index contributed by atoms with van der Waals surface area (Å²) in [5.74, 6) is 0.589. The fourth-order valence-corrected chi connectivity index (χ4v) is 1.41. The molecule has 0 N–H and O–H groups in total. The molecule has 1 aromatic heterocycles. The van der Waals surface area contributed by atoms with E-state index in [9.17, 15) is 0 Å². The number of nitrogens with zero attached hydrogens (tertiary/aromatic N) is 4. The van der Waals surface area contributed by atoms with E-state index in [1.807, 2.05) is 12.1 Å². The summed E-state index contributed by atoms with van der Waals surface area (Å²) in [6.45, 7) is 0.565. The molecule has 0 aliphatic carbocycles. The third-order valence-electron chi connectivity index (χ3n) is 1.87. The molecule has 0 aliphatic rings. The molecule has 0 bridgehead atoms. The highest BCUT2D eigenvalue weighted by Gasteiger charge is 2.07. The summed E-state index contributed by atoms with van der Waals surface area (Å²) < 4.78 is 0. The van der Waals surface area contributed by atoms with Crippen LogP contribution in [0.4, 0.5) is 5.82 Å². The second-order valence-corrected chi connectivity index (χ2v) is 3.38. The van der Waals surface area contributed by atoms with Crippen LogP contribution in [-0.2, 0) is 0 Å². The van der Waals surface area contributed by atoms with E-state index >= 15 is 0 Å². The number of hydrogen-bond acceptors (Lipinski definition) is 4. The zero-order valence-electron chi connectivity index (χ0n) is 8.24. The van der Waals surface area contributed by atoms with Crippen molar-refractivity contribution in [3.63, 3.8) is 0 Å². The van der Waals surface area contributed by atoms with Crippen molar-refractivity contribution in [1.29, 1.82) is 10.5 Å². The maximum atomic E-state index is 8.63. The van der Waals surface area contributed by atoms with Gasteiger partial charge in [0.1, 0.15) is 11.9 Å². The Balaban J connectivity index is 2.87. The lowest BCUT2D eigenvalue weighted by Crippen LogP contribution is -2.19. The number of anilines is 1. The Morgan fingerprint density at radius 3 is 2.80 bits per heavy atom. The Morgan fingerprint density at radius 2 is 2.27 bits per heavy atom. The van der Waals surface area contributed by atoms with E-state index in [0.29, 0.717) is 29.4 Å². The Bertz CT molecular complexity index is 430. The van der Waals surface area contributed by atoms with Crippen molar-refractivity contribution < 1.29 is 0 Å². The molecule has 0 atom stereocenters. The summed E-state index contributed by atoms with van der Waals surface area (Å²) in [7, 11) is 1.80. The predicted octanol–water partition coefficient (Wildman–Crippen LogP) is 1.96. The summed E-state index contributed by atoms with van der Waals surface area (Å²) in [6.07, 6.45) is 1.87. The number of aromatic nitrogens is 1. The van der Waals surface area contributed by atoms with Gasteiger partial charge in [-0.25, -0.2) is 4.98 Å². The van der Waals surface area contributed by atoms with Crippen LogP contribution in [0.25, 0.3) is 0 Å². The number of nitriles is 2. The standard InChI is InChI=1S/C10H9ClN4/c1-15(4-2-3-12)10-9(11)5-8(6-13)7-14-10/h5,7H,2,4H2,1H3. The van der Waals surface area contributed by atoms with Crippen LogP contribution in [0.1, 0.15) is 12.0 Å². The van der Waals surface area contributed by atoms with Gasteiger partial charge < -0.3 is 4.90 Å². The molecule has 5 heteroatoms. The monoisotopic (exact) mass is 220 g/mol. The van der Waals surface area contributed by atoms with E-state index in [0.717, 1.165) is 0 Å². The number of pyridine rings is 1. The molecular weight excluding hydrogens is 212 g/mol. The average molecular weight is 221 g/mol. The maximum Gasteiger partial charge on any atom is 0.147 e. The van der Waals surface area contributed by atoms with Crippen LogP contribution in [-0.4, -0.2) is 18.6 Å². The molecule has 0 spiro atoms. The second kappa shape index (κ2) is 5.19. The highest BCUT2D eigenvalue weighted by Crippen LogP contribution is 2.22. The Kier molecular flexibility index (Phi) is 3.91. The van der Waals surface area contributed by atoms with Crippen LogP contribution >= 0.6 is 11.6 Å². The SMILES string of the molecule is CN(CCC#N)c1ncc(C#N)cc1Cl. The second-order valence-electron chi connectivity index (χ2n) is 2.97. The van der Waals surface area contributed by atoms with Gasteiger partial charge in [-0.15, -0.1) is 0 Å². The zero-order valence-corrected chi connectivity index (χ0v) is 8.99. The minimum Gasteiger partial charge on any atom is -0.357 e. The molecular formula is C10H9ClN4. The number of hydrogen-bond donors (Lipinski definition) is 0. The van der Waals surface area contributed by atoms with E-state index in [-0.39, 0.29) is 0 Å². The first kappa shape index (κ1) is 11.3. The van der Waals surface area contributed by atoms with Gasteiger partial charge in [0, 0.05) is 19.8 Å². The summed E-state index contributed by atoms with van der Waals surface area (Å²) in [4.78, 5) is 5.85. The van der Waals surface area contributed by atoms with Crippen molar-refractivity contribution in [1.82, 2.24) is 4.98 Å². The molecule has 0 aliphatic heterocycles. The van der Waals surface area contributed by atoms with Gasteiger partial charge in [-0.2, -0.15) is 10.5 Å². The third-order valence-corrected chi connectivity index (χ3v) is 2.15. The van der Waals surface area contributed by atoms with Gasteiger partial charge in [0.25, 0.3) is 0 Å². The molecule has 0 saturated heterocycles.